The van der Waals surface area contributed by atoms with Crippen LogP contribution < -0.4 is 18.9 Å². The third kappa shape index (κ3) is 15.4. The summed E-state index contributed by atoms with van der Waals surface area (Å²) in [6, 6.07) is 79.7. The molecule has 9 aromatic carbocycles. The second-order valence-corrected chi connectivity index (χ2v) is 24.8. The molecular weight excluding hydrogens is 1290 g/mol. The second-order valence-electron chi connectivity index (χ2n) is 24.8. The van der Waals surface area contributed by atoms with E-state index in [1.54, 1.807) is 110 Å². The molecule has 13 aromatic rings. The molecule has 500 valence electrons. The Balaban J connectivity index is 0.659. The van der Waals surface area contributed by atoms with Gasteiger partial charge in [0.2, 0.25) is 0 Å². The van der Waals surface area contributed by atoms with Crippen molar-refractivity contribution in [3.8, 4) is 102 Å². The third-order valence-corrected chi connectivity index (χ3v) is 18.0. The second kappa shape index (κ2) is 30.6. The van der Waals surface area contributed by atoms with E-state index in [1.165, 1.54) is 12.1 Å². The first-order valence-corrected chi connectivity index (χ1v) is 33.8. The Morgan fingerprint density at radius 2 is 0.673 bits per heavy atom. The number of carbonyl (C=O) groups excluding carboxylic acids is 4. The van der Waals surface area contributed by atoms with Crippen LogP contribution in [-0.2, 0) is 0 Å². The average molecular weight is 1360 g/mol. The lowest BCUT2D eigenvalue weighted by Crippen LogP contribution is -2.16. The van der Waals surface area contributed by atoms with Crippen molar-refractivity contribution in [3.05, 3.63) is 380 Å². The SMILES string of the molecule is O=C(Oc1ccc(-c2ccccn2)cc1)c1cc(C(=O)Oc2ccc(C3C=N/C=C\C=C/C3)cc2)cc(-c2ccccc2-c2ccc(-c3cnc(-c4ccc(C5C=CC=CC5c5cc(C(=O)Oc6ccc(-c7ccccn7)cc6)cc(C(=O)Oc6ccc(-c7ccccn7)cc6)c5)cc4)cn3)cc2)c1. The zero-order valence-electron chi connectivity index (χ0n) is 55.8. The summed E-state index contributed by atoms with van der Waals surface area (Å²) in [5.41, 5.74) is 14.4. The molecule has 2 aliphatic rings. The van der Waals surface area contributed by atoms with Crippen LogP contribution in [0.2, 0.25) is 0 Å². The summed E-state index contributed by atoms with van der Waals surface area (Å²) < 4.78 is 23.9. The summed E-state index contributed by atoms with van der Waals surface area (Å²) in [6.45, 7) is 0. The topological polar surface area (TPSA) is 182 Å². The Bertz CT molecular complexity index is 5320. The van der Waals surface area contributed by atoms with Gasteiger partial charge in [-0.05, 0) is 209 Å². The number of aliphatic imine (C=N–C) groups is 1. The number of benzene rings is 9. The van der Waals surface area contributed by atoms with Gasteiger partial charge in [0, 0.05) is 76.6 Å². The van der Waals surface area contributed by atoms with Crippen LogP contribution in [0.25, 0.3) is 78.5 Å². The van der Waals surface area contributed by atoms with Gasteiger partial charge in [-0.25, -0.2) is 19.2 Å². The number of nitrogens with zero attached hydrogens (tertiary/aromatic N) is 6. The first kappa shape index (κ1) is 65.9. The molecule has 5 heterocycles. The first-order chi connectivity index (χ1) is 51.1. The van der Waals surface area contributed by atoms with E-state index >= 15 is 0 Å². The van der Waals surface area contributed by atoms with E-state index in [-0.39, 0.29) is 40.0 Å². The van der Waals surface area contributed by atoms with E-state index in [4.69, 9.17) is 28.9 Å². The molecule has 15 rings (SSSR count). The molecule has 3 atom stereocenters. The Morgan fingerprint density at radius 1 is 0.308 bits per heavy atom. The summed E-state index contributed by atoms with van der Waals surface area (Å²) in [6.07, 6.45) is 27.2. The van der Waals surface area contributed by atoms with Crippen LogP contribution in [0.3, 0.4) is 0 Å². The van der Waals surface area contributed by atoms with Crippen molar-refractivity contribution in [1.29, 1.82) is 0 Å². The molecule has 1 aliphatic heterocycles. The largest absolute Gasteiger partial charge is 0.423 e. The number of hydrogen-bond acceptors (Lipinski definition) is 14. The van der Waals surface area contributed by atoms with E-state index in [9.17, 15) is 19.2 Å². The Morgan fingerprint density at radius 3 is 1.11 bits per heavy atom. The molecule has 0 saturated carbocycles. The van der Waals surface area contributed by atoms with Crippen molar-refractivity contribution in [2.45, 2.75) is 24.2 Å². The molecule has 14 nitrogen and oxygen atoms in total. The number of carbonyl (C=O) groups is 4. The van der Waals surface area contributed by atoms with Gasteiger partial charge < -0.3 is 18.9 Å². The summed E-state index contributed by atoms with van der Waals surface area (Å²) in [7, 11) is 0. The number of hydrogen-bond donors (Lipinski definition) is 0. The number of ether oxygens (including phenoxy) is 4. The van der Waals surface area contributed by atoms with Gasteiger partial charge in [-0.15, -0.1) is 0 Å². The molecule has 0 N–H and O–H groups in total. The fourth-order valence-corrected chi connectivity index (χ4v) is 12.6. The van der Waals surface area contributed by atoms with Crippen molar-refractivity contribution >= 4 is 30.1 Å². The van der Waals surface area contributed by atoms with Crippen LogP contribution in [0.5, 0.6) is 23.0 Å². The minimum absolute atomic E-state index is 0.0551. The van der Waals surface area contributed by atoms with Crippen LogP contribution in [0, 0.1) is 0 Å². The minimum atomic E-state index is -0.657. The highest BCUT2D eigenvalue weighted by Crippen LogP contribution is 2.41. The van der Waals surface area contributed by atoms with Gasteiger partial charge in [-0.1, -0.05) is 140 Å². The highest BCUT2D eigenvalue weighted by molar-refractivity contribution is 6.01. The minimum Gasteiger partial charge on any atom is -0.423 e. The zero-order valence-corrected chi connectivity index (χ0v) is 55.8. The number of pyridine rings is 3. The fourth-order valence-electron chi connectivity index (χ4n) is 12.6. The lowest BCUT2D eigenvalue weighted by molar-refractivity contribution is 0.0715. The molecule has 1 aliphatic carbocycles. The van der Waals surface area contributed by atoms with Crippen LogP contribution >= 0.6 is 0 Å². The highest BCUT2D eigenvalue weighted by Gasteiger charge is 2.27. The van der Waals surface area contributed by atoms with Crippen molar-refractivity contribution in [1.82, 2.24) is 24.9 Å². The number of aromatic nitrogens is 5. The first-order valence-electron chi connectivity index (χ1n) is 33.8. The van der Waals surface area contributed by atoms with Crippen molar-refractivity contribution in [2.24, 2.45) is 4.99 Å². The predicted molar refractivity (Wildman–Crippen MR) is 403 cm³/mol. The van der Waals surface area contributed by atoms with E-state index in [2.05, 4.69) is 50.3 Å². The molecule has 3 unspecified atom stereocenters. The molecule has 0 saturated heterocycles. The average Bonchev–Trinajstić information content (AvgIpc) is 1.11. The smallest absolute Gasteiger partial charge is 0.343 e. The third-order valence-electron chi connectivity index (χ3n) is 18.0. The van der Waals surface area contributed by atoms with Gasteiger partial charge in [-0.3, -0.25) is 29.9 Å². The summed E-state index contributed by atoms with van der Waals surface area (Å²) >= 11 is 0. The van der Waals surface area contributed by atoms with Gasteiger partial charge in [0.05, 0.1) is 63.1 Å². The maximum absolute atomic E-state index is 14.3. The maximum Gasteiger partial charge on any atom is 0.343 e. The summed E-state index contributed by atoms with van der Waals surface area (Å²) in [5.74, 6) is -1.70. The molecule has 4 aromatic heterocycles. The van der Waals surface area contributed by atoms with Crippen molar-refractivity contribution in [3.63, 3.8) is 0 Å². The van der Waals surface area contributed by atoms with Gasteiger partial charge in [0.25, 0.3) is 0 Å². The number of esters is 4. The standard InChI is InChI=1S/C90H62N6O8/c97-87(101-74-38-30-59(31-39-74)67-14-2-1-10-46-91-56-67)70-50-68(51-71(54-70)88(98)102-75-40-32-62(33-41-75)82-19-7-11-47-92-82)80-17-5-3-15-78(80)60-22-26-65(27-23-60)85-57-96-86(58-95-85)66-28-24-61(25-29-66)79-16-4-6-18-81(79)69-52-72(89(99)103-76-42-34-63(35-43-76)83-20-8-12-48-93-83)55-73(53-69)90(100)104-77-44-36-64(37-45-77)84-21-9-13-49-94-84/h1-13,15-58,67,79,81H,14H2/b2-1-,46-10-,91-56?. The number of allylic oxidation sites excluding steroid dienone is 7. The van der Waals surface area contributed by atoms with E-state index in [1.807, 2.05) is 194 Å². The Labute approximate surface area is 600 Å². The van der Waals surface area contributed by atoms with Crippen molar-refractivity contribution in [2.75, 3.05) is 0 Å². The maximum atomic E-state index is 14.3. The van der Waals surface area contributed by atoms with Crippen LogP contribution in [0.15, 0.2) is 346 Å². The monoisotopic (exact) mass is 1350 g/mol. The van der Waals surface area contributed by atoms with Crippen molar-refractivity contribution < 1.29 is 38.1 Å². The van der Waals surface area contributed by atoms with Gasteiger partial charge in [-0.2, -0.15) is 0 Å². The molecule has 104 heavy (non-hydrogen) atoms. The van der Waals surface area contributed by atoms with Gasteiger partial charge in [0.1, 0.15) is 23.0 Å². The molecule has 0 fully saturated rings. The van der Waals surface area contributed by atoms with E-state index < -0.39 is 23.9 Å². The Hall–Kier alpha value is -14.0. The zero-order chi connectivity index (χ0) is 70.6. The molecule has 0 bridgehead atoms. The summed E-state index contributed by atoms with van der Waals surface area (Å²) in [5, 5.41) is 0. The summed E-state index contributed by atoms with van der Waals surface area (Å²) in [4.78, 5) is 84.3. The molecule has 14 heteroatoms. The lowest BCUT2D eigenvalue weighted by Gasteiger charge is -2.26. The van der Waals surface area contributed by atoms with Crippen LogP contribution in [-0.4, -0.2) is 55.0 Å². The fraction of sp³-hybridized carbons (Fsp3) is 0.0444. The molecule has 0 radical (unpaired) electrons. The Kier molecular flexibility index (Phi) is 19.4. The normalized spacial score (nSPS) is 15.0. The lowest BCUT2D eigenvalue weighted by atomic mass is 9.78. The predicted octanol–water partition coefficient (Wildman–Crippen LogP) is 19.8. The molecular formula is C90H62N6O8. The quantitative estimate of drug-likeness (QED) is 0.0585. The molecule has 0 spiro atoms. The van der Waals surface area contributed by atoms with Gasteiger partial charge in [0.15, 0.2) is 0 Å². The molecule has 0 amide bonds. The van der Waals surface area contributed by atoms with Crippen LogP contribution in [0.1, 0.15) is 82.3 Å². The van der Waals surface area contributed by atoms with Crippen LogP contribution in [0.4, 0.5) is 0 Å². The van der Waals surface area contributed by atoms with Gasteiger partial charge >= 0.3 is 23.9 Å². The van der Waals surface area contributed by atoms with E-state index in [0.717, 1.165) is 79.1 Å². The highest BCUT2D eigenvalue weighted by atomic mass is 16.5. The number of rotatable bonds is 18. The van der Waals surface area contributed by atoms with E-state index in [0.29, 0.717) is 45.5 Å².